The lowest BCUT2D eigenvalue weighted by Gasteiger charge is -2.57. The third-order valence-electron chi connectivity index (χ3n) is 11.2. The molecule has 8 nitrogen and oxygen atoms in total. The van der Waals surface area contributed by atoms with E-state index in [0.717, 1.165) is 0 Å². The Morgan fingerprint density at radius 1 is 0.897 bits per heavy atom. The first kappa shape index (κ1) is 29.2. The summed E-state index contributed by atoms with van der Waals surface area (Å²) in [5.41, 5.74) is -4.40. The van der Waals surface area contributed by atoms with E-state index in [2.05, 4.69) is 0 Å². The Labute approximate surface area is 229 Å². The van der Waals surface area contributed by atoms with Crippen LogP contribution in [0.3, 0.4) is 0 Å². The molecule has 8 heteroatoms. The summed E-state index contributed by atoms with van der Waals surface area (Å²) in [5.74, 6) is -4.81. The van der Waals surface area contributed by atoms with Crippen molar-refractivity contribution in [2.45, 2.75) is 87.0 Å². The Kier molecular flexibility index (Phi) is 6.84. The number of hydrogen-bond donors (Lipinski definition) is 0. The van der Waals surface area contributed by atoms with E-state index in [4.69, 9.17) is 4.74 Å². The van der Waals surface area contributed by atoms with Crippen LogP contribution in [0.2, 0.25) is 0 Å². The predicted octanol–water partition coefficient (Wildman–Crippen LogP) is 3.82. The molecule has 0 aliphatic heterocycles. The van der Waals surface area contributed by atoms with Crippen LogP contribution in [0.1, 0.15) is 87.0 Å². The zero-order valence-electron chi connectivity index (χ0n) is 24.3. The number of esters is 1. The maximum atomic E-state index is 14.1. The lowest BCUT2D eigenvalue weighted by molar-refractivity contribution is -0.156. The van der Waals surface area contributed by atoms with Gasteiger partial charge in [-0.15, -0.1) is 0 Å². The van der Waals surface area contributed by atoms with E-state index in [1.54, 1.807) is 41.5 Å². The van der Waals surface area contributed by atoms with E-state index < -0.39 is 62.9 Å². The van der Waals surface area contributed by atoms with Crippen molar-refractivity contribution in [1.82, 2.24) is 0 Å². The first-order valence-electron chi connectivity index (χ1n) is 13.9. The van der Waals surface area contributed by atoms with E-state index in [1.807, 2.05) is 6.92 Å². The number of rotatable bonds is 6. The van der Waals surface area contributed by atoms with Crippen molar-refractivity contribution in [3.8, 4) is 0 Å². The van der Waals surface area contributed by atoms with Crippen molar-refractivity contribution >= 4 is 40.7 Å². The Balaban J connectivity index is 1.78. The van der Waals surface area contributed by atoms with Gasteiger partial charge in [-0.1, -0.05) is 41.5 Å². The van der Waals surface area contributed by atoms with Gasteiger partial charge in [0.2, 0.25) is 11.6 Å². The molecule has 0 saturated heterocycles. The van der Waals surface area contributed by atoms with Crippen LogP contribution in [0.5, 0.6) is 0 Å². The molecule has 0 radical (unpaired) electrons. The Bertz CT molecular complexity index is 1250. The summed E-state index contributed by atoms with van der Waals surface area (Å²) in [6.07, 6.45) is 0.599. The van der Waals surface area contributed by atoms with Gasteiger partial charge >= 0.3 is 5.97 Å². The first-order valence-corrected chi connectivity index (χ1v) is 13.9. The van der Waals surface area contributed by atoms with Crippen LogP contribution in [-0.2, 0) is 38.3 Å². The molecule has 2 saturated carbocycles. The van der Waals surface area contributed by atoms with Crippen molar-refractivity contribution in [3.63, 3.8) is 0 Å². The van der Waals surface area contributed by atoms with Gasteiger partial charge in [-0.25, -0.2) is 0 Å². The van der Waals surface area contributed by atoms with E-state index in [-0.39, 0.29) is 66.4 Å². The highest BCUT2D eigenvalue weighted by Crippen LogP contribution is 2.68. The van der Waals surface area contributed by atoms with Gasteiger partial charge in [-0.3, -0.25) is 33.6 Å². The Morgan fingerprint density at radius 3 is 2.10 bits per heavy atom. The van der Waals surface area contributed by atoms with Gasteiger partial charge in [0.05, 0.1) is 23.9 Å². The van der Waals surface area contributed by atoms with Crippen molar-refractivity contribution in [2.24, 2.45) is 45.3 Å². The lowest BCUT2D eigenvalue weighted by Crippen LogP contribution is -2.62. The quantitative estimate of drug-likeness (QED) is 0.367. The van der Waals surface area contributed by atoms with E-state index in [0.29, 0.717) is 6.42 Å². The summed E-state index contributed by atoms with van der Waals surface area (Å²) in [7, 11) is 1.26. The number of ether oxygens (including phenoxy) is 1. The molecular formula is C31H40O8. The van der Waals surface area contributed by atoms with Crippen molar-refractivity contribution in [1.29, 1.82) is 0 Å². The number of fused-ring (bicyclic) bond motifs is 4. The second kappa shape index (κ2) is 9.13. The minimum Gasteiger partial charge on any atom is -0.469 e. The molecule has 0 spiro atoms. The van der Waals surface area contributed by atoms with Crippen molar-refractivity contribution in [2.75, 3.05) is 7.11 Å². The van der Waals surface area contributed by atoms with Gasteiger partial charge in [0, 0.05) is 54.1 Å². The molecule has 7 atom stereocenters. The third kappa shape index (κ3) is 3.72. The highest BCUT2D eigenvalue weighted by atomic mass is 16.5. The molecule has 4 aliphatic carbocycles. The zero-order valence-corrected chi connectivity index (χ0v) is 24.3. The summed E-state index contributed by atoms with van der Waals surface area (Å²) in [5, 5.41) is 0. The highest BCUT2D eigenvalue weighted by Gasteiger charge is 2.74. The van der Waals surface area contributed by atoms with Crippen LogP contribution in [0.25, 0.3) is 0 Å². The maximum absolute atomic E-state index is 14.1. The maximum Gasteiger partial charge on any atom is 0.308 e. The molecule has 0 aromatic rings. The Hall–Kier alpha value is -2.77. The van der Waals surface area contributed by atoms with Crippen molar-refractivity contribution < 1.29 is 38.3 Å². The van der Waals surface area contributed by atoms with Gasteiger partial charge in [0.1, 0.15) is 17.3 Å². The number of methoxy groups -OCH3 is 1. The molecule has 212 valence electrons. The van der Waals surface area contributed by atoms with Gasteiger partial charge in [0.15, 0.2) is 5.78 Å². The fourth-order valence-corrected chi connectivity index (χ4v) is 8.65. The molecule has 0 aromatic heterocycles. The molecular weight excluding hydrogens is 500 g/mol. The molecule has 0 aromatic carbocycles. The molecule has 39 heavy (non-hydrogen) atoms. The molecule has 0 heterocycles. The number of ketones is 6. The summed E-state index contributed by atoms with van der Waals surface area (Å²) in [4.78, 5) is 93.4. The zero-order chi connectivity index (χ0) is 29.5. The van der Waals surface area contributed by atoms with Gasteiger partial charge in [-0.05, 0) is 31.1 Å². The standard InChI is InChI=1S/C31H40O8/c1-15(11-17(32)12-16(2)27(38)39-8)18-13-22(35)31(7)23-19(33)14-20-28(3,4)21(34)9-10-29(20,5)24(23)25(36)26(37)30(18,31)6/h15-16,18,20H,9-14H2,1-8H3/t15-,16?,18-,20+,29+,30+,31+/m1/s1. The van der Waals surface area contributed by atoms with Crippen LogP contribution < -0.4 is 0 Å². The third-order valence-corrected chi connectivity index (χ3v) is 11.2. The molecule has 0 N–H and O–H groups in total. The molecule has 0 amide bonds. The van der Waals surface area contributed by atoms with Crippen LogP contribution in [0.15, 0.2) is 11.1 Å². The van der Waals surface area contributed by atoms with Gasteiger partial charge < -0.3 is 4.74 Å². The topological polar surface area (TPSA) is 129 Å². The summed E-state index contributed by atoms with van der Waals surface area (Å²) < 4.78 is 4.71. The van der Waals surface area contributed by atoms with Gasteiger partial charge in [-0.2, -0.15) is 0 Å². The molecule has 0 bridgehead atoms. The second-order valence-electron chi connectivity index (χ2n) is 13.6. The minimum atomic E-state index is -1.49. The van der Waals surface area contributed by atoms with Gasteiger partial charge in [0.25, 0.3) is 0 Å². The first-order chi connectivity index (χ1) is 17.9. The van der Waals surface area contributed by atoms with E-state index >= 15 is 0 Å². The van der Waals surface area contributed by atoms with Crippen LogP contribution in [-0.4, -0.2) is 47.8 Å². The number of allylic oxidation sites excluding steroid dienone is 2. The van der Waals surface area contributed by atoms with Crippen LogP contribution >= 0.6 is 0 Å². The average Bonchev–Trinajstić information content (AvgIpc) is 3.07. The monoisotopic (exact) mass is 540 g/mol. The number of carbonyl (C=O) groups excluding carboxylic acids is 7. The summed E-state index contributed by atoms with van der Waals surface area (Å²) in [6, 6.07) is 0. The predicted molar refractivity (Wildman–Crippen MR) is 140 cm³/mol. The normalized spacial score (nSPS) is 37.2. The minimum absolute atomic E-state index is 0.0266. The number of carbonyl (C=O) groups is 7. The summed E-state index contributed by atoms with van der Waals surface area (Å²) >= 11 is 0. The largest absolute Gasteiger partial charge is 0.469 e. The van der Waals surface area contributed by atoms with E-state index in [9.17, 15) is 33.6 Å². The smallest absolute Gasteiger partial charge is 0.308 e. The van der Waals surface area contributed by atoms with Crippen molar-refractivity contribution in [3.05, 3.63) is 11.1 Å². The molecule has 4 rings (SSSR count). The highest BCUT2D eigenvalue weighted by molar-refractivity contribution is 6.49. The molecule has 1 unspecified atom stereocenters. The number of Topliss-reactive ketones (excluding diaryl/α,β-unsaturated/α-hetero) is 6. The van der Waals surface area contributed by atoms with Crippen LogP contribution in [0, 0.1) is 45.3 Å². The molecule has 2 fully saturated rings. The fraction of sp³-hybridized carbons (Fsp3) is 0.710. The lowest BCUT2D eigenvalue weighted by atomic mass is 9.42. The second-order valence-corrected chi connectivity index (χ2v) is 13.6. The molecule has 4 aliphatic rings. The van der Waals surface area contributed by atoms with Crippen LogP contribution in [0.4, 0.5) is 0 Å². The number of hydrogen-bond acceptors (Lipinski definition) is 8. The Morgan fingerprint density at radius 2 is 1.51 bits per heavy atom. The van der Waals surface area contributed by atoms with E-state index in [1.165, 1.54) is 7.11 Å². The SMILES string of the molecule is COC(=O)C(C)CC(=O)C[C@@H](C)[C@H]1CC(=O)[C@@]2(C)C3=C(C(=O)C(=O)[C@]12C)[C@@]1(C)CCC(=O)C(C)(C)[C@@H]1CC3=O. The summed E-state index contributed by atoms with van der Waals surface area (Å²) in [6.45, 7) is 12.1. The fourth-order valence-electron chi connectivity index (χ4n) is 8.65. The average molecular weight is 541 g/mol.